The zero-order valence-corrected chi connectivity index (χ0v) is 9.38. The number of rotatable bonds is 5. The summed E-state index contributed by atoms with van der Waals surface area (Å²) in [4.78, 5) is 21.7. The molecule has 1 rings (SSSR count). The molecule has 6 heteroatoms. The van der Waals surface area contributed by atoms with Gasteiger partial charge in [-0.25, -0.2) is 0 Å². The molecule has 0 unspecified atom stereocenters. The van der Waals surface area contributed by atoms with Crippen LogP contribution in [0.4, 0.5) is 0 Å². The van der Waals surface area contributed by atoms with Crippen molar-refractivity contribution in [2.24, 2.45) is 5.41 Å². The van der Waals surface area contributed by atoms with Gasteiger partial charge in [-0.2, -0.15) is 0 Å². The average molecular weight is 234 g/mol. The van der Waals surface area contributed by atoms with Crippen LogP contribution in [0, 0.1) is 5.41 Å². The highest BCUT2D eigenvalue weighted by Gasteiger charge is 2.41. The summed E-state index contributed by atoms with van der Waals surface area (Å²) in [6.07, 6.45) is 1.21. The first kappa shape index (κ1) is 12.3. The first-order valence-electron chi connectivity index (χ1n) is 4.63. The number of esters is 1. The van der Waals surface area contributed by atoms with E-state index in [9.17, 15) is 9.59 Å². The summed E-state index contributed by atoms with van der Waals surface area (Å²) in [5, 5.41) is 0. The third-order valence-corrected chi connectivity index (χ3v) is 3.40. The molecule has 1 aliphatic heterocycles. The molecule has 86 valence electrons. The summed E-state index contributed by atoms with van der Waals surface area (Å²) in [5.74, 6) is 0.162. The van der Waals surface area contributed by atoms with Crippen LogP contribution < -0.4 is 0 Å². The topological polar surface area (TPSA) is 61.8 Å². The van der Waals surface area contributed by atoms with Gasteiger partial charge in [-0.15, -0.1) is 0 Å². The number of carbonyl (C=O) groups is 2. The first-order valence-corrected chi connectivity index (χ1v) is 5.54. The molecule has 0 atom stereocenters. The van der Waals surface area contributed by atoms with Gasteiger partial charge in [-0.3, -0.25) is 9.59 Å². The van der Waals surface area contributed by atoms with Crippen molar-refractivity contribution < 1.29 is 23.2 Å². The van der Waals surface area contributed by atoms with E-state index in [1.54, 1.807) is 0 Å². The zero-order chi connectivity index (χ0) is 11.1. The average Bonchev–Trinajstić information content (AvgIpc) is 2.29. The molecule has 0 radical (unpaired) electrons. The van der Waals surface area contributed by atoms with Crippen molar-refractivity contribution in [1.82, 2.24) is 0 Å². The summed E-state index contributed by atoms with van der Waals surface area (Å²) < 4.78 is 14.5. The SMILES string of the molecule is COC(=O)C1(CSOC=O)CCOCC1. The van der Waals surface area contributed by atoms with E-state index in [-0.39, 0.29) is 5.97 Å². The van der Waals surface area contributed by atoms with Crippen molar-refractivity contribution >= 4 is 24.5 Å². The van der Waals surface area contributed by atoms with Gasteiger partial charge in [0.2, 0.25) is 0 Å². The number of carbonyl (C=O) groups excluding carboxylic acids is 2. The van der Waals surface area contributed by atoms with Gasteiger partial charge in [0.05, 0.1) is 24.6 Å². The minimum atomic E-state index is -0.569. The van der Waals surface area contributed by atoms with Gasteiger partial charge in [0, 0.05) is 19.0 Å². The van der Waals surface area contributed by atoms with Crippen molar-refractivity contribution in [2.75, 3.05) is 26.1 Å². The second-order valence-electron chi connectivity index (χ2n) is 3.34. The maximum absolute atomic E-state index is 11.6. The van der Waals surface area contributed by atoms with Gasteiger partial charge in [-0.05, 0) is 12.8 Å². The molecular weight excluding hydrogens is 220 g/mol. The van der Waals surface area contributed by atoms with E-state index < -0.39 is 5.41 Å². The lowest BCUT2D eigenvalue weighted by Gasteiger charge is -2.33. The Hall–Kier alpha value is -0.750. The lowest BCUT2D eigenvalue weighted by atomic mass is 9.82. The number of methoxy groups -OCH3 is 1. The second-order valence-corrected chi connectivity index (χ2v) is 4.06. The van der Waals surface area contributed by atoms with Crippen molar-refractivity contribution in [2.45, 2.75) is 12.8 Å². The maximum atomic E-state index is 11.6. The predicted octanol–water partition coefficient (Wildman–Crippen LogP) is 0.777. The zero-order valence-electron chi connectivity index (χ0n) is 8.56. The van der Waals surface area contributed by atoms with Gasteiger partial charge in [-0.1, -0.05) is 0 Å². The second kappa shape index (κ2) is 5.97. The Morgan fingerprint density at radius 2 is 2.20 bits per heavy atom. The fraction of sp³-hybridized carbons (Fsp3) is 0.778. The third kappa shape index (κ3) is 3.10. The fourth-order valence-electron chi connectivity index (χ4n) is 1.56. The maximum Gasteiger partial charge on any atom is 0.312 e. The molecule has 0 spiro atoms. The summed E-state index contributed by atoms with van der Waals surface area (Å²) in [6, 6.07) is 0. The van der Waals surface area contributed by atoms with Crippen molar-refractivity contribution in [3.63, 3.8) is 0 Å². The molecule has 0 amide bonds. The minimum Gasteiger partial charge on any atom is -0.469 e. The fourth-order valence-corrected chi connectivity index (χ4v) is 2.32. The molecular formula is C9H14O5S. The molecule has 0 saturated carbocycles. The van der Waals surface area contributed by atoms with E-state index in [1.165, 1.54) is 7.11 Å². The largest absolute Gasteiger partial charge is 0.469 e. The van der Waals surface area contributed by atoms with Crippen LogP contribution in [-0.4, -0.2) is 38.5 Å². The van der Waals surface area contributed by atoms with Gasteiger partial charge >= 0.3 is 12.4 Å². The lowest BCUT2D eigenvalue weighted by Crippen LogP contribution is -2.40. The van der Waals surface area contributed by atoms with Crippen LogP contribution >= 0.6 is 12.0 Å². The smallest absolute Gasteiger partial charge is 0.312 e. The molecule has 1 aliphatic rings. The molecule has 5 nitrogen and oxygen atoms in total. The number of ether oxygens (including phenoxy) is 2. The standard InChI is InChI=1S/C9H14O5S/c1-12-8(11)9(6-15-14-7-10)2-4-13-5-3-9/h7H,2-6H2,1H3. The van der Waals surface area contributed by atoms with Crippen LogP contribution in [-0.2, 0) is 23.2 Å². The Balaban J connectivity index is 2.58. The van der Waals surface area contributed by atoms with Gasteiger partial charge < -0.3 is 13.7 Å². The Morgan fingerprint density at radius 1 is 1.53 bits per heavy atom. The molecule has 0 bridgehead atoms. The van der Waals surface area contributed by atoms with Crippen LogP contribution in [0.2, 0.25) is 0 Å². The highest BCUT2D eigenvalue weighted by Crippen LogP contribution is 2.35. The van der Waals surface area contributed by atoms with E-state index in [1.807, 2.05) is 0 Å². The van der Waals surface area contributed by atoms with E-state index >= 15 is 0 Å². The van der Waals surface area contributed by atoms with Crippen molar-refractivity contribution in [3.8, 4) is 0 Å². The molecule has 15 heavy (non-hydrogen) atoms. The van der Waals surface area contributed by atoms with E-state index in [2.05, 4.69) is 4.18 Å². The first-order chi connectivity index (χ1) is 7.25. The monoisotopic (exact) mass is 234 g/mol. The molecule has 1 fully saturated rings. The van der Waals surface area contributed by atoms with Crippen molar-refractivity contribution in [1.29, 1.82) is 0 Å². The van der Waals surface area contributed by atoms with Gasteiger partial charge in [0.15, 0.2) is 0 Å². The minimum absolute atomic E-state index is 0.257. The summed E-state index contributed by atoms with van der Waals surface area (Å²) in [7, 11) is 1.37. The lowest BCUT2D eigenvalue weighted by molar-refractivity contribution is -0.156. The van der Waals surface area contributed by atoms with Crippen LogP contribution in [0.15, 0.2) is 0 Å². The van der Waals surface area contributed by atoms with Crippen LogP contribution in [0.1, 0.15) is 12.8 Å². The predicted molar refractivity (Wildman–Crippen MR) is 54.1 cm³/mol. The van der Waals surface area contributed by atoms with E-state index in [0.717, 1.165) is 12.0 Å². The normalized spacial score (nSPS) is 19.3. The van der Waals surface area contributed by atoms with Crippen LogP contribution in [0.3, 0.4) is 0 Å². The Morgan fingerprint density at radius 3 is 2.73 bits per heavy atom. The summed E-state index contributed by atoms with van der Waals surface area (Å²) in [5.41, 5.74) is -0.569. The Labute approximate surface area is 92.6 Å². The quantitative estimate of drug-likeness (QED) is 0.303. The van der Waals surface area contributed by atoms with Gasteiger partial charge in [0.1, 0.15) is 0 Å². The molecule has 0 N–H and O–H groups in total. The Kier molecular flexibility index (Phi) is 4.90. The number of hydrogen-bond acceptors (Lipinski definition) is 6. The van der Waals surface area contributed by atoms with Crippen LogP contribution in [0.5, 0.6) is 0 Å². The molecule has 0 aromatic rings. The highest BCUT2D eigenvalue weighted by molar-refractivity contribution is 7.95. The van der Waals surface area contributed by atoms with Gasteiger partial charge in [0.25, 0.3) is 0 Å². The molecule has 0 aromatic heterocycles. The van der Waals surface area contributed by atoms with Crippen molar-refractivity contribution in [3.05, 3.63) is 0 Å². The molecule has 0 aromatic carbocycles. The third-order valence-electron chi connectivity index (χ3n) is 2.51. The molecule has 0 aliphatic carbocycles. The number of hydrogen-bond donors (Lipinski definition) is 0. The van der Waals surface area contributed by atoms with E-state index in [0.29, 0.717) is 38.3 Å². The summed E-state index contributed by atoms with van der Waals surface area (Å²) in [6.45, 7) is 1.43. The molecule has 1 heterocycles. The highest BCUT2D eigenvalue weighted by atomic mass is 32.2. The Bertz CT molecular complexity index is 225. The molecule has 1 saturated heterocycles. The van der Waals surface area contributed by atoms with E-state index in [4.69, 9.17) is 9.47 Å². The van der Waals surface area contributed by atoms with Crippen LogP contribution in [0.25, 0.3) is 0 Å². The summed E-state index contributed by atoms with van der Waals surface area (Å²) >= 11 is 0.978.